The average Bonchev–Trinajstić information content (AvgIpc) is 2.22. The summed E-state index contributed by atoms with van der Waals surface area (Å²) < 4.78 is 0. The van der Waals surface area contributed by atoms with Crippen molar-refractivity contribution < 1.29 is 5.11 Å². The van der Waals surface area contributed by atoms with Crippen molar-refractivity contribution in [2.24, 2.45) is 5.92 Å². The molecule has 0 saturated carbocycles. The number of aliphatic hydroxyl groups is 1. The summed E-state index contributed by atoms with van der Waals surface area (Å²) in [5.74, 6) is 1.01. The molecule has 1 aliphatic rings. The molecule has 0 aliphatic carbocycles. The topological polar surface area (TPSA) is 62.4 Å². The van der Waals surface area contributed by atoms with Crippen molar-refractivity contribution in [2.75, 3.05) is 23.7 Å². The van der Waals surface area contributed by atoms with Gasteiger partial charge >= 0.3 is 0 Å². The molecule has 1 saturated heterocycles. The van der Waals surface area contributed by atoms with Crippen molar-refractivity contribution in [1.29, 1.82) is 0 Å². The molecule has 1 fully saturated rings. The first-order valence-corrected chi connectivity index (χ1v) is 5.79. The van der Waals surface area contributed by atoms with E-state index in [0.717, 1.165) is 25.3 Å². The Labute approximate surface area is 100 Å². The van der Waals surface area contributed by atoms with Crippen LogP contribution in [0.3, 0.4) is 0 Å². The molecular formula is C11H16ClN3O. The third-order valence-electron chi connectivity index (χ3n) is 3.02. The molecule has 0 aromatic carbocycles. The normalized spacial score (nSPS) is 25.8. The third kappa shape index (κ3) is 2.23. The number of piperidine rings is 1. The molecule has 16 heavy (non-hydrogen) atoms. The van der Waals surface area contributed by atoms with E-state index >= 15 is 0 Å². The fourth-order valence-electron chi connectivity index (χ4n) is 2.04. The van der Waals surface area contributed by atoms with Gasteiger partial charge in [-0.25, -0.2) is 4.98 Å². The smallest absolute Gasteiger partial charge is 0.151 e. The molecule has 1 aromatic rings. The Hall–Kier alpha value is -1.00. The van der Waals surface area contributed by atoms with Gasteiger partial charge in [-0.2, -0.15) is 0 Å². The van der Waals surface area contributed by atoms with E-state index in [1.54, 1.807) is 12.3 Å². The van der Waals surface area contributed by atoms with Crippen LogP contribution >= 0.6 is 11.6 Å². The summed E-state index contributed by atoms with van der Waals surface area (Å²) in [6, 6.07) is 1.71. The van der Waals surface area contributed by atoms with E-state index in [1.165, 1.54) is 0 Å². The number of nitrogen functional groups attached to an aromatic ring is 1. The number of aliphatic hydroxyl groups excluding tert-OH is 1. The SMILES string of the molecule is CC1CN(c2ncc(Cl)cc2N)CCC1O. The van der Waals surface area contributed by atoms with E-state index in [0.29, 0.717) is 10.7 Å². The van der Waals surface area contributed by atoms with Gasteiger partial charge in [-0.1, -0.05) is 18.5 Å². The maximum Gasteiger partial charge on any atom is 0.151 e. The van der Waals surface area contributed by atoms with Gasteiger partial charge in [0, 0.05) is 19.3 Å². The van der Waals surface area contributed by atoms with E-state index in [4.69, 9.17) is 17.3 Å². The summed E-state index contributed by atoms with van der Waals surface area (Å²) in [7, 11) is 0. The number of nitrogens with two attached hydrogens (primary N) is 1. The third-order valence-corrected chi connectivity index (χ3v) is 3.23. The zero-order valence-corrected chi connectivity index (χ0v) is 9.98. The molecule has 0 bridgehead atoms. The maximum atomic E-state index is 9.66. The lowest BCUT2D eigenvalue weighted by Gasteiger charge is -2.35. The first-order valence-electron chi connectivity index (χ1n) is 5.42. The van der Waals surface area contributed by atoms with Gasteiger partial charge in [-0.05, 0) is 18.4 Å². The van der Waals surface area contributed by atoms with Crippen molar-refractivity contribution in [3.63, 3.8) is 0 Å². The monoisotopic (exact) mass is 241 g/mol. The summed E-state index contributed by atoms with van der Waals surface area (Å²) in [6.07, 6.45) is 2.14. The molecule has 3 N–H and O–H groups in total. The number of pyridine rings is 1. The van der Waals surface area contributed by atoms with E-state index in [9.17, 15) is 5.11 Å². The predicted octanol–water partition coefficient (Wildman–Crippen LogP) is 1.52. The summed E-state index contributed by atoms with van der Waals surface area (Å²) >= 11 is 5.81. The Morgan fingerprint density at radius 3 is 3.00 bits per heavy atom. The molecule has 1 aliphatic heterocycles. The van der Waals surface area contributed by atoms with Gasteiger partial charge in [-0.15, -0.1) is 0 Å². The van der Waals surface area contributed by atoms with E-state index in [-0.39, 0.29) is 12.0 Å². The molecule has 1 aromatic heterocycles. The number of anilines is 2. The molecular weight excluding hydrogens is 226 g/mol. The van der Waals surface area contributed by atoms with E-state index < -0.39 is 0 Å². The number of halogens is 1. The predicted molar refractivity (Wildman–Crippen MR) is 65.7 cm³/mol. The standard InChI is InChI=1S/C11H16ClN3O/c1-7-6-15(3-2-10(7)16)11-9(13)4-8(12)5-14-11/h4-5,7,10,16H,2-3,6,13H2,1H3. The second-order valence-electron chi connectivity index (χ2n) is 4.35. The van der Waals surface area contributed by atoms with Crippen LogP contribution in [0.2, 0.25) is 5.02 Å². The zero-order valence-electron chi connectivity index (χ0n) is 9.23. The van der Waals surface area contributed by atoms with Crippen LogP contribution in [0, 0.1) is 5.92 Å². The Morgan fingerprint density at radius 1 is 1.62 bits per heavy atom. The van der Waals surface area contributed by atoms with Crippen LogP contribution < -0.4 is 10.6 Å². The fraction of sp³-hybridized carbons (Fsp3) is 0.545. The van der Waals surface area contributed by atoms with Gasteiger partial charge in [0.1, 0.15) is 0 Å². The molecule has 0 radical (unpaired) electrons. The zero-order chi connectivity index (χ0) is 11.7. The van der Waals surface area contributed by atoms with Crippen LogP contribution in [0.25, 0.3) is 0 Å². The average molecular weight is 242 g/mol. The minimum Gasteiger partial charge on any atom is -0.396 e. The summed E-state index contributed by atoms with van der Waals surface area (Å²) in [5.41, 5.74) is 6.47. The Kier molecular flexibility index (Phi) is 3.21. The summed E-state index contributed by atoms with van der Waals surface area (Å²) in [4.78, 5) is 6.35. The molecule has 5 heteroatoms. The van der Waals surface area contributed by atoms with Crippen molar-refractivity contribution in [1.82, 2.24) is 4.98 Å². The van der Waals surface area contributed by atoms with Crippen LogP contribution in [0.5, 0.6) is 0 Å². The van der Waals surface area contributed by atoms with Gasteiger partial charge < -0.3 is 15.7 Å². The summed E-state index contributed by atoms with van der Waals surface area (Å²) in [6.45, 7) is 3.59. The van der Waals surface area contributed by atoms with Crippen LogP contribution in [0.1, 0.15) is 13.3 Å². The molecule has 2 atom stereocenters. The van der Waals surface area contributed by atoms with Crippen LogP contribution in [-0.4, -0.2) is 29.3 Å². The Morgan fingerprint density at radius 2 is 2.38 bits per heavy atom. The molecule has 0 spiro atoms. The highest BCUT2D eigenvalue weighted by molar-refractivity contribution is 6.30. The van der Waals surface area contributed by atoms with Gasteiger partial charge in [0.15, 0.2) is 5.82 Å². The largest absolute Gasteiger partial charge is 0.396 e. The van der Waals surface area contributed by atoms with Crippen molar-refractivity contribution >= 4 is 23.1 Å². The van der Waals surface area contributed by atoms with Crippen LogP contribution in [0.4, 0.5) is 11.5 Å². The fourth-order valence-corrected chi connectivity index (χ4v) is 2.20. The second-order valence-corrected chi connectivity index (χ2v) is 4.78. The van der Waals surface area contributed by atoms with Gasteiger partial charge in [0.05, 0.1) is 16.8 Å². The van der Waals surface area contributed by atoms with Crippen molar-refractivity contribution in [2.45, 2.75) is 19.4 Å². The van der Waals surface area contributed by atoms with Gasteiger partial charge in [0.25, 0.3) is 0 Å². The lowest BCUT2D eigenvalue weighted by molar-refractivity contribution is 0.0969. The van der Waals surface area contributed by atoms with Crippen molar-refractivity contribution in [3.05, 3.63) is 17.3 Å². The maximum absolute atomic E-state index is 9.66. The molecule has 88 valence electrons. The lowest BCUT2D eigenvalue weighted by Crippen LogP contribution is -2.42. The number of nitrogens with zero attached hydrogens (tertiary/aromatic N) is 2. The Bertz CT molecular complexity index is 385. The highest BCUT2D eigenvalue weighted by atomic mass is 35.5. The first-order chi connectivity index (χ1) is 7.58. The molecule has 2 unspecified atom stereocenters. The highest BCUT2D eigenvalue weighted by Crippen LogP contribution is 2.27. The molecule has 0 amide bonds. The van der Waals surface area contributed by atoms with Crippen molar-refractivity contribution in [3.8, 4) is 0 Å². The second kappa shape index (κ2) is 4.47. The Balaban J connectivity index is 2.18. The highest BCUT2D eigenvalue weighted by Gasteiger charge is 2.25. The minimum atomic E-state index is -0.218. The number of aromatic nitrogens is 1. The summed E-state index contributed by atoms with van der Waals surface area (Å²) in [5, 5.41) is 10.2. The number of hydrogen-bond donors (Lipinski definition) is 2. The van der Waals surface area contributed by atoms with Crippen LogP contribution in [-0.2, 0) is 0 Å². The number of rotatable bonds is 1. The van der Waals surface area contributed by atoms with Crippen LogP contribution in [0.15, 0.2) is 12.3 Å². The van der Waals surface area contributed by atoms with Gasteiger partial charge in [-0.3, -0.25) is 0 Å². The molecule has 2 rings (SSSR count). The minimum absolute atomic E-state index is 0.218. The number of hydrogen-bond acceptors (Lipinski definition) is 4. The molecule has 4 nitrogen and oxygen atoms in total. The quantitative estimate of drug-likeness (QED) is 0.783. The first kappa shape index (κ1) is 11.5. The lowest BCUT2D eigenvalue weighted by atomic mass is 9.97. The van der Waals surface area contributed by atoms with E-state index in [1.807, 2.05) is 6.92 Å². The molecule has 2 heterocycles. The van der Waals surface area contributed by atoms with E-state index in [2.05, 4.69) is 9.88 Å². The van der Waals surface area contributed by atoms with Gasteiger partial charge in [0.2, 0.25) is 0 Å².